The molecule has 0 saturated carbocycles. The molecule has 6 nitrogen and oxygen atoms in total. The van der Waals surface area contributed by atoms with Crippen LogP contribution in [-0.2, 0) is 12.8 Å². The minimum absolute atomic E-state index is 0.113. The van der Waals surface area contributed by atoms with Gasteiger partial charge in [0.25, 0.3) is 11.8 Å². The number of anilines is 1. The highest BCUT2D eigenvalue weighted by molar-refractivity contribution is 6.36. The molecule has 2 aliphatic rings. The summed E-state index contributed by atoms with van der Waals surface area (Å²) in [5.41, 5.74) is 2.87. The van der Waals surface area contributed by atoms with Gasteiger partial charge in [-0.3, -0.25) is 9.59 Å². The zero-order chi connectivity index (χ0) is 18.9. The van der Waals surface area contributed by atoms with Crippen molar-refractivity contribution in [2.75, 3.05) is 4.90 Å². The maximum atomic E-state index is 13.1. The van der Waals surface area contributed by atoms with Crippen molar-refractivity contribution < 1.29 is 24.6 Å². The summed E-state index contributed by atoms with van der Waals surface area (Å²) < 4.78 is 0. The maximum absolute atomic E-state index is 13.1. The lowest BCUT2D eigenvalue weighted by Gasteiger charge is -2.28. The summed E-state index contributed by atoms with van der Waals surface area (Å²) >= 11 is 0. The Kier molecular flexibility index (Phi) is 2.98. The van der Waals surface area contributed by atoms with Crippen LogP contribution in [0.25, 0.3) is 10.8 Å². The number of carbonyl (C=O) groups is 3. The number of hydrogen-bond donors (Lipinski definition) is 2. The Balaban J connectivity index is 1.75. The first-order valence-corrected chi connectivity index (χ1v) is 8.50. The highest BCUT2D eigenvalue weighted by Crippen LogP contribution is 2.39. The van der Waals surface area contributed by atoms with Crippen molar-refractivity contribution in [3.05, 3.63) is 70.3 Å². The van der Waals surface area contributed by atoms with Crippen molar-refractivity contribution in [1.29, 1.82) is 0 Å². The molecule has 2 N–H and O–H groups in total. The second-order valence-corrected chi connectivity index (χ2v) is 6.75. The van der Waals surface area contributed by atoms with E-state index < -0.39 is 23.5 Å². The molecule has 0 atom stereocenters. The number of phenols is 1. The summed E-state index contributed by atoms with van der Waals surface area (Å²) in [6.45, 7) is 0. The molecule has 0 saturated heterocycles. The number of nitrogens with zero attached hydrogens (tertiary/aromatic N) is 1. The summed E-state index contributed by atoms with van der Waals surface area (Å²) in [6.07, 6.45) is 1.78. The van der Waals surface area contributed by atoms with Crippen LogP contribution in [0.4, 0.5) is 5.69 Å². The largest absolute Gasteiger partial charge is 0.507 e. The van der Waals surface area contributed by atoms with Gasteiger partial charge < -0.3 is 10.2 Å². The van der Waals surface area contributed by atoms with Crippen LogP contribution < -0.4 is 4.90 Å². The molecular formula is C21H13NO5. The van der Waals surface area contributed by atoms with Crippen molar-refractivity contribution in [2.45, 2.75) is 12.8 Å². The molecule has 27 heavy (non-hydrogen) atoms. The lowest BCUT2D eigenvalue weighted by Crippen LogP contribution is -2.40. The summed E-state index contributed by atoms with van der Waals surface area (Å²) in [4.78, 5) is 38.5. The number of carboxylic acids is 1. The first-order chi connectivity index (χ1) is 13.0. The molecule has 0 aromatic heterocycles. The van der Waals surface area contributed by atoms with Gasteiger partial charge in [-0.25, -0.2) is 9.69 Å². The molecule has 0 radical (unpaired) electrons. The van der Waals surface area contributed by atoms with Crippen molar-refractivity contribution >= 4 is 34.2 Å². The second kappa shape index (κ2) is 5.17. The van der Waals surface area contributed by atoms with Crippen molar-refractivity contribution in [3.63, 3.8) is 0 Å². The fraction of sp³-hybridized carbons (Fsp3) is 0.0952. The van der Waals surface area contributed by atoms with Crippen LogP contribution >= 0.6 is 0 Å². The third-order valence-corrected chi connectivity index (χ3v) is 5.33. The van der Waals surface area contributed by atoms with Crippen molar-refractivity contribution in [2.24, 2.45) is 0 Å². The predicted octanol–water partition coefficient (Wildman–Crippen LogP) is 3.14. The quantitative estimate of drug-likeness (QED) is 0.686. The molecule has 1 aliphatic carbocycles. The molecular weight excluding hydrogens is 346 g/mol. The SMILES string of the molecule is O=C(O)c1cc(N2C(=O)c3ccc4c5c(ccc(c35)C2=O)CC4)ccc1O. The van der Waals surface area contributed by atoms with Crippen LogP contribution in [-0.4, -0.2) is 28.0 Å². The van der Waals surface area contributed by atoms with Gasteiger partial charge in [-0.2, -0.15) is 0 Å². The smallest absolute Gasteiger partial charge is 0.339 e. The molecule has 3 aromatic carbocycles. The van der Waals surface area contributed by atoms with Gasteiger partial charge in [-0.1, -0.05) is 12.1 Å². The van der Waals surface area contributed by atoms with Crippen LogP contribution in [0.1, 0.15) is 42.2 Å². The summed E-state index contributed by atoms with van der Waals surface area (Å²) in [5, 5.41) is 20.6. The van der Waals surface area contributed by atoms with Gasteiger partial charge in [-0.05, 0) is 59.7 Å². The fourth-order valence-electron chi connectivity index (χ4n) is 4.09. The van der Waals surface area contributed by atoms with Crippen LogP contribution in [0.15, 0.2) is 42.5 Å². The molecule has 2 amide bonds. The van der Waals surface area contributed by atoms with Crippen molar-refractivity contribution in [1.82, 2.24) is 0 Å². The number of aromatic hydroxyl groups is 1. The van der Waals surface area contributed by atoms with E-state index in [2.05, 4.69) is 0 Å². The molecule has 3 aromatic rings. The van der Waals surface area contributed by atoms with E-state index in [0.717, 1.165) is 40.3 Å². The minimum Gasteiger partial charge on any atom is -0.507 e. The van der Waals surface area contributed by atoms with Gasteiger partial charge >= 0.3 is 5.97 Å². The van der Waals surface area contributed by atoms with Crippen LogP contribution in [0.3, 0.4) is 0 Å². The number of imide groups is 1. The summed E-state index contributed by atoms with van der Waals surface area (Å²) in [5.74, 6) is -2.75. The van der Waals surface area contributed by atoms with Crippen LogP contribution in [0.5, 0.6) is 5.75 Å². The second-order valence-electron chi connectivity index (χ2n) is 6.75. The zero-order valence-corrected chi connectivity index (χ0v) is 14.0. The third-order valence-electron chi connectivity index (χ3n) is 5.33. The number of aryl methyl sites for hydroxylation is 2. The monoisotopic (exact) mass is 359 g/mol. The Bertz CT molecular complexity index is 1150. The zero-order valence-electron chi connectivity index (χ0n) is 14.0. The number of amides is 2. The molecule has 0 unspecified atom stereocenters. The number of rotatable bonds is 2. The number of aromatic carboxylic acids is 1. The summed E-state index contributed by atoms with van der Waals surface area (Å²) in [6, 6.07) is 11.0. The molecule has 0 spiro atoms. The predicted molar refractivity (Wildman–Crippen MR) is 97.6 cm³/mol. The number of hydrogen-bond acceptors (Lipinski definition) is 4. The molecule has 1 heterocycles. The first-order valence-electron chi connectivity index (χ1n) is 8.50. The van der Waals surface area contributed by atoms with Gasteiger partial charge in [0, 0.05) is 16.5 Å². The molecule has 0 fully saturated rings. The molecule has 0 bridgehead atoms. The highest BCUT2D eigenvalue weighted by atomic mass is 16.4. The molecule has 1 aliphatic heterocycles. The average Bonchev–Trinajstić information content (AvgIpc) is 3.07. The van der Waals surface area contributed by atoms with Crippen LogP contribution in [0, 0.1) is 0 Å². The van der Waals surface area contributed by atoms with Crippen LogP contribution in [0.2, 0.25) is 0 Å². The minimum atomic E-state index is -1.34. The number of benzene rings is 3. The normalized spacial score (nSPS) is 14.9. The van der Waals surface area contributed by atoms with E-state index >= 15 is 0 Å². The lowest BCUT2D eigenvalue weighted by molar-refractivity contribution is 0.0692. The van der Waals surface area contributed by atoms with Gasteiger partial charge in [0.05, 0.1) is 5.69 Å². The lowest BCUT2D eigenvalue weighted by atomic mass is 9.91. The Morgan fingerprint density at radius 1 is 0.852 bits per heavy atom. The summed E-state index contributed by atoms with van der Waals surface area (Å²) in [7, 11) is 0. The van der Waals surface area contributed by atoms with E-state index in [1.165, 1.54) is 12.1 Å². The van der Waals surface area contributed by atoms with E-state index in [0.29, 0.717) is 16.5 Å². The first kappa shape index (κ1) is 15.6. The maximum Gasteiger partial charge on any atom is 0.339 e. The third kappa shape index (κ3) is 1.98. The Morgan fingerprint density at radius 2 is 1.44 bits per heavy atom. The Hall–Kier alpha value is -3.67. The van der Waals surface area contributed by atoms with E-state index in [4.69, 9.17) is 0 Å². The molecule has 6 heteroatoms. The van der Waals surface area contributed by atoms with E-state index in [1.54, 1.807) is 12.1 Å². The Labute approximate surface area is 153 Å². The van der Waals surface area contributed by atoms with Crippen molar-refractivity contribution in [3.8, 4) is 5.75 Å². The topological polar surface area (TPSA) is 94.9 Å². The number of carboxylic acid groups (broad SMARTS) is 1. The average molecular weight is 359 g/mol. The van der Waals surface area contributed by atoms with Gasteiger partial charge in [-0.15, -0.1) is 0 Å². The Morgan fingerprint density at radius 3 is 2.00 bits per heavy atom. The van der Waals surface area contributed by atoms with E-state index in [-0.39, 0.29) is 11.3 Å². The van der Waals surface area contributed by atoms with Gasteiger partial charge in [0.15, 0.2) is 0 Å². The standard InChI is InChI=1S/C21H13NO5/c23-16-8-5-12(9-15(16)21(26)27)22-19(24)13-6-3-10-1-2-11-4-7-14(20(22)25)18(13)17(10)11/h3-9,23H,1-2H2,(H,26,27). The van der Waals surface area contributed by atoms with E-state index in [1.807, 2.05) is 12.1 Å². The number of carbonyl (C=O) groups excluding carboxylic acids is 2. The molecule has 5 rings (SSSR count). The molecule has 132 valence electrons. The van der Waals surface area contributed by atoms with E-state index in [9.17, 15) is 24.6 Å². The van der Waals surface area contributed by atoms with Gasteiger partial charge in [0.2, 0.25) is 0 Å². The van der Waals surface area contributed by atoms with Gasteiger partial charge in [0.1, 0.15) is 11.3 Å². The highest BCUT2D eigenvalue weighted by Gasteiger charge is 2.36. The fourth-order valence-corrected chi connectivity index (χ4v) is 4.09.